The molecule has 0 atom stereocenters. The molecule has 3 aromatic heterocycles. The number of aromatic nitrogens is 3. The number of esters is 1. The van der Waals surface area contributed by atoms with Crippen LogP contribution in [0.15, 0.2) is 42.6 Å². The summed E-state index contributed by atoms with van der Waals surface area (Å²) in [5.41, 5.74) is 2.93. The van der Waals surface area contributed by atoms with Crippen molar-refractivity contribution in [2.45, 2.75) is 13.5 Å². The number of rotatable bonds is 6. The van der Waals surface area contributed by atoms with E-state index in [4.69, 9.17) is 4.74 Å². The van der Waals surface area contributed by atoms with Gasteiger partial charge in [-0.05, 0) is 18.6 Å². The molecule has 0 fully saturated rings. The first kappa shape index (κ1) is 15.2. The maximum atomic E-state index is 12.0. The SMILES string of the molecule is C=CCNc1nc(C(=O)OCc2cn3cccc(C)c3n2)cs1. The van der Waals surface area contributed by atoms with Crippen LogP contribution in [0.2, 0.25) is 0 Å². The molecule has 0 spiro atoms. The highest BCUT2D eigenvalue weighted by Gasteiger charge is 2.13. The average Bonchev–Trinajstić information content (AvgIpc) is 3.18. The Kier molecular flexibility index (Phi) is 4.38. The number of pyridine rings is 1. The number of nitrogens with zero attached hydrogens (tertiary/aromatic N) is 3. The topological polar surface area (TPSA) is 68.5 Å². The molecule has 0 amide bonds. The van der Waals surface area contributed by atoms with E-state index in [-0.39, 0.29) is 6.61 Å². The van der Waals surface area contributed by atoms with Gasteiger partial charge in [0.25, 0.3) is 0 Å². The van der Waals surface area contributed by atoms with E-state index in [2.05, 4.69) is 21.9 Å². The van der Waals surface area contributed by atoms with Gasteiger partial charge in [0.15, 0.2) is 10.8 Å². The molecule has 0 aliphatic carbocycles. The van der Waals surface area contributed by atoms with Gasteiger partial charge < -0.3 is 14.5 Å². The number of carbonyl (C=O) groups is 1. The lowest BCUT2D eigenvalue weighted by Crippen LogP contribution is -2.06. The second kappa shape index (κ2) is 6.62. The number of thiazole rings is 1. The van der Waals surface area contributed by atoms with Gasteiger partial charge in [-0.2, -0.15) is 0 Å². The Morgan fingerprint density at radius 2 is 2.39 bits per heavy atom. The van der Waals surface area contributed by atoms with E-state index in [0.29, 0.717) is 23.1 Å². The smallest absolute Gasteiger partial charge is 0.358 e. The Balaban J connectivity index is 1.64. The summed E-state index contributed by atoms with van der Waals surface area (Å²) in [5.74, 6) is -0.457. The highest BCUT2D eigenvalue weighted by molar-refractivity contribution is 7.13. The van der Waals surface area contributed by atoms with Crippen LogP contribution in [-0.4, -0.2) is 26.9 Å². The normalized spacial score (nSPS) is 10.7. The fourth-order valence-electron chi connectivity index (χ4n) is 2.10. The Hall–Kier alpha value is -2.67. The van der Waals surface area contributed by atoms with Gasteiger partial charge in [-0.3, -0.25) is 0 Å². The van der Waals surface area contributed by atoms with Crippen LogP contribution in [0.5, 0.6) is 0 Å². The Morgan fingerprint density at radius 1 is 1.52 bits per heavy atom. The molecule has 0 aromatic carbocycles. The first-order valence-electron chi connectivity index (χ1n) is 7.08. The summed E-state index contributed by atoms with van der Waals surface area (Å²) in [6.45, 7) is 6.33. The zero-order valence-corrected chi connectivity index (χ0v) is 13.5. The van der Waals surface area contributed by atoms with Crippen molar-refractivity contribution >= 4 is 28.1 Å². The van der Waals surface area contributed by atoms with Crippen molar-refractivity contribution in [1.82, 2.24) is 14.4 Å². The van der Waals surface area contributed by atoms with Gasteiger partial charge in [-0.1, -0.05) is 12.1 Å². The molecule has 0 saturated carbocycles. The van der Waals surface area contributed by atoms with E-state index in [1.807, 2.05) is 35.9 Å². The van der Waals surface area contributed by atoms with Crippen LogP contribution in [0.25, 0.3) is 5.65 Å². The lowest BCUT2D eigenvalue weighted by molar-refractivity contribution is 0.0462. The molecule has 7 heteroatoms. The number of hydrogen-bond donors (Lipinski definition) is 1. The first-order chi connectivity index (χ1) is 11.2. The minimum absolute atomic E-state index is 0.118. The lowest BCUT2D eigenvalue weighted by atomic mass is 10.3. The van der Waals surface area contributed by atoms with Crippen LogP contribution in [-0.2, 0) is 11.3 Å². The van der Waals surface area contributed by atoms with E-state index in [0.717, 1.165) is 11.2 Å². The number of carbonyl (C=O) groups excluding carboxylic acids is 1. The second-order valence-electron chi connectivity index (χ2n) is 4.94. The van der Waals surface area contributed by atoms with Crippen molar-refractivity contribution in [3.8, 4) is 0 Å². The number of nitrogens with one attached hydrogen (secondary N) is 1. The lowest BCUT2D eigenvalue weighted by Gasteiger charge is -1.99. The van der Waals surface area contributed by atoms with Crippen molar-refractivity contribution in [1.29, 1.82) is 0 Å². The fourth-order valence-corrected chi connectivity index (χ4v) is 2.79. The average molecular weight is 328 g/mol. The molecular formula is C16H16N4O2S. The monoisotopic (exact) mass is 328 g/mol. The summed E-state index contributed by atoms with van der Waals surface area (Å²) >= 11 is 1.35. The highest BCUT2D eigenvalue weighted by atomic mass is 32.1. The van der Waals surface area contributed by atoms with Gasteiger partial charge in [-0.15, -0.1) is 17.9 Å². The molecule has 118 valence electrons. The van der Waals surface area contributed by atoms with Crippen molar-refractivity contribution in [2.75, 3.05) is 11.9 Å². The third-order valence-electron chi connectivity index (χ3n) is 3.19. The Bertz CT molecular complexity index is 853. The molecule has 3 aromatic rings. The van der Waals surface area contributed by atoms with E-state index in [1.165, 1.54) is 11.3 Å². The van der Waals surface area contributed by atoms with E-state index in [9.17, 15) is 4.79 Å². The summed E-state index contributed by atoms with van der Waals surface area (Å²) in [6.07, 6.45) is 5.50. The molecule has 0 radical (unpaired) electrons. The molecule has 3 heterocycles. The highest BCUT2D eigenvalue weighted by Crippen LogP contribution is 2.16. The summed E-state index contributed by atoms with van der Waals surface area (Å²) < 4.78 is 7.20. The number of anilines is 1. The van der Waals surface area contributed by atoms with Gasteiger partial charge in [0.1, 0.15) is 12.3 Å². The van der Waals surface area contributed by atoms with Crippen LogP contribution >= 0.6 is 11.3 Å². The second-order valence-corrected chi connectivity index (χ2v) is 5.80. The minimum Gasteiger partial charge on any atom is -0.454 e. The van der Waals surface area contributed by atoms with Gasteiger partial charge >= 0.3 is 5.97 Å². The maximum Gasteiger partial charge on any atom is 0.358 e. The third-order valence-corrected chi connectivity index (χ3v) is 3.99. The summed E-state index contributed by atoms with van der Waals surface area (Å²) in [4.78, 5) is 20.7. The van der Waals surface area contributed by atoms with E-state index < -0.39 is 5.97 Å². The quantitative estimate of drug-likeness (QED) is 0.556. The van der Waals surface area contributed by atoms with Crippen LogP contribution in [0.3, 0.4) is 0 Å². The Morgan fingerprint density at radius 3 is 3.17 bits per heavy atom. The summed E-state index contributed by atoms with van der Waals surface area (Å²) in [5, 5.41) is 5.37. The fraction of sp³-hybridized carbons (Fsp3) is 0.188. The van der Waals surface area contributed by atoms with E-state index >= 15 is 0 Å². The number of aryl methyl sites for hydroxylation is 1. The zero-order chi connectivity index (χ0) is 16.2. The largest absolute Gasteiger partial charge is 0.454 e. The molecule has 0 aliphatic heterocycles. The standard InChI is InChI=1S/C16H16N4O2S/c1-3-6-17-16-19-13(10-23-16)15(21)22-9-12-8-20-7-4-5-11(2)14(20)18-12/h3-5,7-8,10H,1,6,9H2,2H3,(H,17,19). The maximum absolute atomic E-state index is 12.0. The van der Waals surface area contributed by atoms with Gasteiger partial charge in [0, 0.05) is 24.3 Å². The molecule has 0 aliphatic rings. The van der Waals surface area contributed by atoms with Gasteiger partial charge in [-0.25, -0.2) is 14.8 Å². The van der Waals surface area contributed by atoms with Crippen molar-refractivity contribution in [3.05, 3.63) is 59.5 Å². The van der Waals surface area contributed by atoms with Crippen molar-refractivity contribution < 1.29 is 9.53 Å². The van der Waals surface area contributed by atoms with Crippen molar-refractivity contribution in [2.24, 2.45) is 0 Å². The molecule has 0 bridgehead atoms. The molecule has 1 N–H and O–H groups in total. The molecular weight excluding hydrogens is 312 g/mol. The summed E-state index contributed by atoms with van der Waals surface area (Å²) in [7, 11) is 0. The minimum atomic E-state index is -0.457. The van der Waals surface area contributed by atoms with Crippen LogP contribution < -0.4 is 5.32 Å². The molecule has 3 rings (SSSR count). The van der Waals surface area contributed by atoms with E-state index in [1.54, 1.807) is 11.5 Å². The predicted octanol–water partition coefficient (Wildman–Crippen LogP) is 3.05. The molecule has 23 heavy (non-hydrogen) atoms. The van der Waals surface area contributed by atoms with Crippen LogP contribution in [0.4, 0.5) is 5.13 Å². The van der Waals surface area contributed by atoms with Crippen LogP contribution in [0, 0.1) is 6.92 Å². The summed E-state index contributed by atoms with van der Waals surface area (Å²) in [6, 6.07) is 3.94. The molecule has 6 nitrogen and oxygen atoms in total. The molecule has 0 saturated heterocycles. The number of hydrogen-bond acceptors (Lipinski definition) is 6. The number of ether oxygens (including phenoxy) is 1. The zero-order valence-electron chi connectivity index (χ0n) is 12.7. The Labute approximate surface area is 137 Å². The first-order valence-corrected chi connectivity index (χ1v) is 7.96. The number of fused-ring (bicyclic) bond motifs is 1. The third kappa shape index (κ3) is 3.40. The molecule has 0 unspecified atom stereocenters. The number of imidazole rings is 1. The predicted molar refractivity (Wildman–Crippen MR) is 89.8 cm³/mol. The van der Waals surface area contributed by atoms with Crippen molar-refractivity contribution in [3.63, 3.8) is 0 Å². The van der Waals surface area contributed by atoms with Crippen LogP contribution in [0.1, 0.15) is 21.7 Å². The van der Waals surface area contributed by atoms with Gasteiger partial charge in [0.2, 0.25) is 0 Å². The van der Waals surface area contributed by atoms with Gasteiger partial charge in [0.05, 0.1) is 5.69 Å².